The molecule has 0 fully saturated rings. The molecular weight excluding hydrogens is 533 g/mol. The van der Waals surface area contributed by atoms with Gasteiger partial charge in [-0.05, 0) is 47.1 Å². The van der Waals surface area contributed by atoms with E-state index in [1.165, 1.54) is 11.9 Å². The van der Waals surface area contributed by atoms with Crippen LogP contribution in [0.5, 0.6) is 5.75 Å². The number of benzene rings is 1. The van der Waals surface area contributed by atoms with E-state index in [0.717, 1.165) is 10.3 Å². The van der Waals surface area contributed by atoms with Gasteiger partial charge in [0.1, 0.15) is 11.2 Å². The number of nitrogens with one attached hydrogen (secondary N) is 1. The summed E-state index contributed by atoms with van der Waals surface area (Å²) in [6, 6.07) is 6.09. The molecule has 0 aliphatic rings. The molecule has 3 N–H and O–H groups in total. The van der Waals surface area contributed by atoms with E-state index in [4.69, 9.17) is 33.7 Å². The number of nitrogens with zero attached hydrogens (tertiary/aromatic N) is 3. The van der Waals surface area contributed by atoms with Crippen molar-refractivity contribution in [3.8, 4) is 5.75 Å². The van der Waals surface area contributed by atoms with Gasteiger partial charge < -0.3 is 20.7 Å². The molecule has 3 rings (SSSR count). The maximum absolute atomic E-state index is 12.3. The molecule has 0 unspecified atom stereocenters. The number of fused-ring (bicyclic) bond motifs is 1. The Labute approximate surface area is 203 Å². The maximum Gasteiger partial charge on any atom is 0.312 e. The Balaban J connectivity index is 0.00000341. The number of imidazole rings is 1. The molecule has 12 heteroatoms. The molecule has 31 heavy (non-hydrogen) atoms. The number of hydrogen-bond donors (Lipinski definition) is 2. The summed E-state index contributed by atoms with van der Waals surface area (Å²) in [5.74, 6) is 0.159. The van der Waals surface area contributed by atoms with Crippen LogP contribution in [0.3, 0.4) is 0 Å². The molecule has 2 heterocycles. The SMILES string of the molecule is Cc1nc2c(OCc3c(Cl)ccc(N(C)C(=O)CNC(N)=O)c3Cl)cccn2c1Br.Cl. The first kappa shape index (κ1) is 25.1. The van der Waals surface area contributed by atoms with Crippen LogP contribution in [-0.2, 0) is 11.4 Å². The second-order valence-corrected chi connectivity index (χ2v) is 7.91. The number of carbonyl (C=O) groups excluding carboxylic acids is 2. The van der Waals surface area contributed by atoms with E-state index in [1.807, 2.05) is 23.6 Å². The summed E-state index contributed by atoms with van der Waals surface area (Å²) in [5.41, 5.74) is 7.42. The van der Waals surface area contributed by atoms with Crippen molar-refractivity contribution in [3.63, 3.8) is 0 Å². The number of urea groups is 1. The number of carbonyl (C=O) groups is 2. The Hall–Kier alpha value is -2.20. The van der Waals surface area contributed by atoms with E-state index in [0.29, 0.717) is 27.7 Å². The summed E-state index contributed by atoms with van der Waals surface area (Å²) in [6.45, 7) is 1.70. The molecule has 0 radical (unpaired) electrons. The van der Waals surface area contributed by atoms with E-state index < -0.39 is 11.9 Å². The number of rotatable bonds is 6. The Morgan fingerprint density at radius 1 is 1.32 bits per heavy atom. The van der Waals surface area contributed by atoms with Crippen LogP contribution in [0, 0.1) is 6.92 Å². The Kier molecular flexibility index (Phi) is 8.41. The van der Waals surface area contributed by atoms with Gasteiger partial charge >= 0.3 is 6.03 Å². The number of primary amides is 1. The number of likely N-dealkylation sites (N-methyl/N-ethyl adjacent to an activating group) is 1. The molecule has 8 nitrogen and oxygen atoms in total. The van der Waals surface area contributed by atoms with Gasteiger partial charge in [-0.15, -0.1) is 12.4 Å². The quantitative estimate of drug-likeness (QED) is 0.476. The zero-order chi connectivity index (χ0) is 22.0. The number of pyridine rings is 1. The third-order valence-electron chi connectivity index (χ3n) is 4.40. The average Bonchev–Trinajstić information content (AvgIpc) is 3.00. The lowest BCUT2D eigenvalue weighted by molar-refractivity contribution is -0.117. The van der Waals surface area contributed by atoms with Gasteiger partial charge in [-0.3, -0.25) is 9.20 Å². The van der Waals surface area contributed by atoms with Gasteiger partial charge in [0.05, 0.1) is 22.9 Å². The van der Waals surface area contributed by atoms with Crippen LogP contribution in [0.4, 0.5) is 10.5 Å². The fourth-order valence-electron chi connectivity index (χ4n) is 2.78. The van der Waals surface area contributed by atoms with Gasteiger partial charge in [0, 0.05) is 23.8 Å². The first-order valence-electron chi connectivity index (χ1n) is 8.73. The van der Waals surface area contributed by atoms with Crippen molar-refractivity contribution in [1.29, 1.82) is 0 Å². The lowest BCUT2D eigenvalue weighted by atomic mass is 10.2. The Bertz CT molecular complexity index is 1140. The summed E-state index contributed by atoms with van der Waals surface area (Å²) >= 11 is 16.4. The predicted molar refractivity (Wildman–Crippen MR) is 127 cm³/mol. The average molecular weight is 552 g/mol. The summed E-state index contributed by atoms with van der Waals surface area (Å²) in [7, 11) is 1.54. The van der Waals surface area contributed by atoms with Gasteiger partial charge in [-0.2, -0.15) is 0 Å². The highest BCUT2D eigenvalue weighted by Crippen LogP contribution is 2.35. The second kappa shape index (κ2) is 10.4. The number of anilines is 1. The Morgan fingerprint density at radius 3 is 2.71 bits per heavy atom. The largest absolute Gasteiger partial charge is 0.485 e. The highest BCUT2D eigenvalue weighted by atomic mass is 79.9. The highest BCUT2D eigenvalue weighted by Gasteiger charge is 2.19. The minimum absolute atomic E-state index is 0. The molecule has 0 spiro atoms. The number of aryl methyl sites for hydroxylation is 1. The van der Waals surface area contributed by atoms with E-state index in [2.05, 4.69) is 26.2 Å². The number of amides is 3. The molecule has 166 valence electrons. The van der Waals surface area contributed by atoms with Crippen molar-refractivity contribution in [3.05, 3.63) is 56.4 Å². The minimum Gasteiger partial charge on any atom is -0.485 e. The molecule has 3 amide bonds. The summed E-state index contributed by atoms with van der Waals surface area (Å²) < 4.78 is 8.66. The van der Waals surface area contributed by atoms with Crippen molar-refractivity contribution >= 4 is 74.8 Å². The molecule has 0 bridgehead atoms. The molecule has 2 aromatic heterocycles. The zero-order valence-electron chi connectivity index (χ0n) is 16.5. The Morgan fingerprint density at radius 2 is 2.03 bits per heavy atom. The van der Waals surface area contributed by atoms with Crippen molar-refractivity contribution in [2.75, 3.05) is 18.5 Å². The number of aromatic nitrogens is 2. The fourth-order valence-corrected chi connectivity index (χ4v) is 3.76. The first-order valence-corrected chi connectivity index (χ1v) is 10.3. The monoisotopic (exact) mass is 549 g/mol. The number of nitrogens with two attached hydrogens (primary N) is 1. The molecule has 0 saturated carbocycles. The van der Waals surface area contributed by atoms with Crippen molar-refractivity contribution < 1.29 is 14.3 Å². The second-order valence-electron chi connectivity index (χ2n) is 6.37. The van der Waals surface area contributed by atoms with Crippen LogP contribution in [0.15, 0.2) is 35.1 Å². The van der Waals surface area contributed by atoms with Crippen molar-refractivity contribution in [2.45, 2.75) is 13.5 Å². The standard InChI is InChI=1S/C19H18BrCl2N5O3.ClH/c1-10-17(20)27-7-3-4-14(18(27)25-10)30-9-11-12(21)5-6-13(16(11)22)26(2)15(28)8-24-19(23)29;/h3-7H,8-9H2,1-2H3,(H3,23,24,29);1H. The zero-order valence-corrected chi connectivity index (χ0v) is 20.4. The molecule has 0 aliphatic heterocycles. The number of halogens is 4. The van der Waals surface area contributed by atoms with E-state index in [1.54, 1.807) is 18.2 Å². The third kappa shape index (κ3) is 5.35. The van der Waals surface area contributed by atoms with Crippen LogP contribution < -0.4 is 20.7 Å². The summed E-state index contributed by atoms with van der Waals surface area (Å²) in [4.78, 5) is 28.9. The molecular formula is C19H19BrCl3N5O3. The van der Waals surface area contributed by atoms with Gasteiger partial charge in [-0.1, -0.05) is 23.2 Å². The third-order valence-corrected chi connectivity index (χ3v) is 6.13. The molecule has 3 aromatic rings. The molecule has 0 saturated heterocycles. The topological polar surface area (TPSA) is 102 Å². The minimum atomic E-state index is -0.789. The van der Waals surface area contributed by atoms with Crippen molar-refractivity contribution in [1.82, 2.24) is 14.7 Å². The van der Waals surface area contributed by atoms with Gasteiger partial charge in [0.25, 0.3) is 0 Å². The lowest BCUT2D eigenvalue weighted by Gasteiger charge is -2.21. The van der Waals surface area contributed by atoms with Crippen LogP contribution >= 0.6 is 51.5 Å². The predicted octanol–water partition coefficient (Wildman–Crippen LogP) is 4.34. The number of hydrogen-bond acceptors (Lipinski definition) is 4. The van der Waals surface area contributed by atoms with E-state index >= 15 is 0 Å². The maximum atomic E-state index is 12.3. The van der Waals surface area contributed by atoms with Crippen LogP contribution in [0.25, 0.3) is 5.65 Å². The van der Waals surface area contributed by atoms with E-state index in [-0.39, 0.29) is 30.6 Å². The van der Waals surface area contributed by atoms with E-state index in [9.17, 15) is 9.59 Å². The lowest BCUT2D eigenvalue weighted by Crippen LogP contribution is -2.40. The fraction of sp³-hybridized carbons (Fsp3) is 0.211. The number of ether oxygens (including phenoxy) is 1. The van der Waals surface area contributed by atoms with Gasteiger partial charge in [0.2, 0.25) is 5.91 Å². The molecule has 0 aliphatic carbocycles. The van der Waals surface area contributed by atoms with Crippen LogP contribution in [0.1, 0.15) is 11.3 Å². The van der Waals surface area contributed by atoms with Crippen LogP contribution in [0.2, 0.25) is 10.0 Å². The summed E-state index contributed by atoms with van der Waals surface area (Å²) in [6.07, 6.45) is 1.87. The smallest absolute Gasteiger partial charge is 0.312 e. The first-order chi connectivity index (χ1) is 14.2. The summed E-state index contributed by atoms with van der Waals surface area (Å²) in [5, 5.41) is 2.92. The normalized spacial score (nSPS) is 10.5. The molecule has 0 atom stereocenters. The highest BCUT2D eigenvalue weighted by molar-refractivity contribution is 9.10. The molecule has 1 aromatic carbocycles. The van der Waals surface area contributed by atoms with Crippen molar-refractivity contribution in [2.24, 2.45) is 5.73 Å². The van der Waals surface area contributed by atoms with Gasteiger partial charge in [-0.25, -0.2) is 9.78 Å². The van der Waals surface area contributed by atoms with Crippen LogP contribution in [-0.4, -0.2) is 34.9 Å². The van der Waals surface area contributed by atoms with Gasteiger partial charge in [0.15, 0.2) is 11.4 Å².